The molecular formula is C18H14BrClN2O4. The zero-order valence-corrected chi connectivity index (χ0v) is 16.0. The molecule has 8 heteroatoms. The minimum atomic E-state index is -0.629. The highest BCUT2D eigenvalue weighted by Crippen LogP contribution is 2.28. The number of hydrogen-bond donors (Lipinski definition) is 2. The van der Waals surface area contributed by atoms with E-state index in [-0.39, 0.29) is 5.69 Å². The lowest BCUT2D eigenvalue weighted by Crippen LogP contribution is -2.21. The smallest absolute Gasteiger partial charge is 0.356 e. The Morgan fingerprint density at radius 2 is 2.00 bits per heavy atom. The van der Waals surface area contributed by atoms with Gasteiger partial charge in [0.05, 0.1) is 16.6 Å². The fourth-order valence-corrected chi connectivity index (χ4v) is 3.26. The van der Waals surface area contributed by atoms with Gasteiger partial charge in [-0.05, 0) is 40.2 Å². The Morgan fingerprint density at radius 3 is 2.69 bits per heavy atom. The Bertz CT molecular complexity index is 986. The summed E-state index contributed by atoms with van der Waals surface area (Å²) in [5, 5.41) is 3.83. The van der Waals surface area contributed by atoms with Crippen molar-refractivity contribution in [1.82, 2.24) is 4.98 Å². The number of anilines is 1. The van der Waals surface area contributed by atoms with Crippen LogP contribution < -0.4 is 10.1 Å². The molecule has 1 heterocycles. The van der Waals surface area contributed by atoms with Gasteiger partial charge >= 0.3 is 5.97 Å². The molecule has 0 radical (unpaired) electrons. The molecule has 0 spiro atoms. The molecule has 3 aromatic rings. The lowest BCUT2D eigenvalue weighted by Gasteiger charge is -2.08. The summed E-state index contributed by atoms with van der Waals surface area (Å²) in [4.78, 5) is 27.2. The number of carbonyl (C=O) groups excluding carboxylic acids is 2. The van der Waals surface area contributed by atoms with Crippen LogP contribution in [0.25, 0.3) is 10.9 Å². The number of methoxy groups -OCH3 is 1. The van der Waals surface area contributed by atoms with Crippen molar-refractivity contribution in [1.29, 1.82) is 0 Å². The molecule has 0 fully saturated rings. The first-order valence-corrected chi connectivity index (χ1v) is 8.73. The summed E-state index contributed by atoms with van der Waals surface area (Å²) >= 11 is 9.38. The summed E-state index contributed by atoms with van der Waals surface area (Å²) in [7, 11) is 1.50. The van der Waals surface area contributed by atoms with Crippen LogP contribution in [0, 0.1) is 0 Å². The summed E-state index contributed by atoms with van der Waals surface area (Å²) in [6, 6.07) is 12.2. The largest absolute Gasteiger partial charge is 0.495 e. The standard InChI is InChI=1S/C18H14BrClN2O4/c1-25-14-7-6-10(8-12(14)20)21-15(23)9-26-18(24)17-16(19)11-4-2-3-5-13(11)22-17/h2-8,22H,9H2,1H3,(H,21,23). The fourth-order valence-electron chi connectivity index (χ4n) is 2.39. The molecule has 2 N–H and O–H groups in total. The summed E-state index contributed by atoms with van der Waals surface area (Å²) in [5.74, 6) is -0.609. The monoisotopic (exact) mass is 436 g/mol. The Balaban J connectivity index is 1.62. The van der Waals surface area contributed by atoms with Gasteiger partial charge in [0.1, 0.15) is 11.4 Å². The van der Waals surface area contributed by atoms with Crippen molar-refractivity contribution in [3.63, 3.8) is 0 Å². The number of amides is 1. The van der Waals surface area contributed by atoms with Crippen molar-refractivity contribution in [3.8, 4) is 5.75 Å². The number of esters is 1. The van der Waals surface area contributed by atoms with Gasteiger partial charge in [-0.25, -0.2) is 4.79 Å². The first kappa shape index (κ1) is 18.3. The number of ether oxygens (including phenoxy) is 2. The highest BCUT2D eigenvalue weighted by molar-refractivity contribution is 9.10. The topological polar surface area (TPSA) is 80.4 Å². The molecule has 0 bridgehead atoms. The predicted octanol–water partition coefficient (Wildman–Crippen LogP) is 4.39. The maximum atomic E-state index is 12.2. The van der Waals surface area contributed by atoms with Gasteiger partial charge in [-0.2, -0.15) is 0 Å². The molecule has 2 aromatic carbocycles. The highest BCUT2D eigenvalue weighted by atomic mass is 79.9. The van der Waals surface area contributed by atoms with Gasteiger partial charge in [-0.1, -0.05) is 29.8 Å². The number of H-pyrrole nitrogens is 1. The molecule has 6 nitrogen and oxygen atoms in total. The Labute approximate surface area is 162 Å². The first-order valence-electron chi connectivity index (χ1n) is 7.56. The zero-order chi connectivity index (χ0) is 18.7. The van der Waals surface area contributed by atoms with E-state index in [1.165, 1.54) is 7.11 Å². The van der Waals surface area contributed by atoms with E-state index in [1.807, 2.05) is 24.3 Å². The van der Waals surface area contributed by atoms with Crippen LogP contribution >= 0.6 is 27.5 Å². The maximum absolute atomic E-state index is 12.2. The van der Waals surface area contributed by atoms with Gasteiger partial charge < -0.3 is 19.8 Å². The molecule has 0 aliphatic carbocycles. The van der Waals surface area contributed by atoms with Gasteiger partial charge in [0.15, 0.2) is 6.61 Å². The minimum absolute atomic E-state index is 0.256. The number of aromatic nitrogens is 1. The van der Waals surface area contributed by atoms with E-state index >= 15 is 0 Å². The van der Waals surface area contributed by atoms with Gasteiger partial charge in [0.2, 0.25) is 0 Å². The van der Waals surface area contributed by atoms with E-state index in [4.69, 9.17) is 21.1 Å². The van der Waals surface area contributed by atoms with Crippen LogP contribution in [0.5, 0.6) is 5.75 Å². The highest BCUT2D eigenvalue weighted by Gasteiger charge is 2.18. The van der Waals surface area contributed by atoms with Crippen molar-refractivity contribution in [3.05, 3.63) is 57.7 Å². The number of carbonyl (C=O) groups is 2. The second kappa shape index (κ2) is 7.80. The quantitative estimate of drug-likeness (QED) is 0.580. The fraction of sp³-hybridized carbons (Fsp3) is 0.111. The second-order valence-electron chi connectivity index (χ2n) is 5.33. The summed E-state index contributed by atoms with van der Waals surface area (Å²) in [6.07, 6.45) is 0. The molecule has 3 rings (SSSR count). The SMILES string of the molecule is COc1ccc(NC(=O)COC(=O)c2[nH]c3ccccc3c2Br)cc1Cl. The molecule has 0 aliphatic heterocycles. The molecule has 0 saturated carbocycles. The van der Waals surface area contributed by atoms with Crippen LogP contribution in [-0.2, 0) is 9.53 Å². The van der Waals surface area contributed by atoms with Crippen LogP contribution in [-0.4, -0.2) is 30.6 Å². The van der Waals surface area contributed by atoms with E-state index in [0.717, 1.165) is 10.9 Å². The van der Waals surface area contributed by atoms with Crippen molar-refractivity contribution in [2.75, 3.05) is 19.0 Å². The Morgan fingerprint density at radius 1 is 1.23 bits per heavy atom. The third-order valence-corrected chi connectivity index (χ3v) is 4.74. The van der Waals surface area contributed by atoms with Crippen molar-refractivity contribution in [2.24, 2.45) is 0 Å². The average molecular weight is 438 g/mol. The first-order chi connectivity index (χ1) is 12.5. The third-order valence-electron chi connectivity index (χ3n) is 3.62. The van der Waals surface area contributed by atoms with Crippen LogP contribution in [0.15, 0.2) is 46.9 Å². The van der Waals surface area contributed by atoms with Gasteiger partial charge in [0.25, 0.3) is 5.91 Å². The summed E-state index contributed by atoms with van der Waals surface area (Å²) in [6.45, 7) is -0.426. The average Bonchev–Trinajstić information content (AvgIpc) is 2.97. The van der Waals surface area contributed by atoms with Gasteiger partial charge in [0, 0.05) is 16.6 Å². The normalized spacial score (nSPS) is 10.6. The summed E-state index contributed by atoms with van der Waals surface area (Å²) < 4.78 is 10.7. The van der Waals surface area contributed by atoms with Gasteiger partial charge in [-0.15, -0.1) is 0 Å². The van der Waals surface area contributed by atoms with Crippen molar-refractivity contribution >= 4 is 56.0 Å². The molecule has 134 valence electrons. The number of rotatable bonds is 5. The van der Waals surface area contributed by atoms with Crippen LogP contribution in [0.1, 0.15) is 10.5 Å². The van der Waals surface area contributed by atoms with E-state index in [9.17, 15) is 9.59 Å². The predicted molar refractivity (Wildman–Crippen MR) is 103 cm³/mol. The lowest BCUT2D eigenvalue weighted by molar-refractivity contribution is -0.119. The molecule has 0 saturated heterocycles. The molecule has 0 unspecified atom stereocenters. The van der Waals surface area contributed by atoms with Crippen LogP contribution in [0.4, 0.5) is 5.69 Å². The van der Waals surface area contributed by atoms with E-state index in [0.29, 0.717) is 20.9 Å². The summed E-state index contributed by atoms with van der Waals surface area (Å²) in [5.41, 5.74) is 1.53. The second-order valence-corrected chi connectivity index (χ2v) is 6.53. The number of benzene rings is 2. The number of fused-ring (bicyclic) bond motifs is 1. The number of para-hydroxylation sites is 1. The molecule has 0 atom stereocenters. The number of nitrogens with one attached hydrogen (secondary N) is 2. The Kier molecular flexibility index (Phi) is 5.49. The van der Waals surface area contributed by atoms with Crippen molar-refractivity contribution in [2.45, 2.75) is 0 Å². The molecule has 26 heavy (non-hydrogen) atoms. The van der Waals surface area contributed by atoms with E-state index in [1.54, 1.807) is 18.2 Å². The number of aromatic amines is 1. The molecular weight excluding hydrogens is 424 g/mol. The van der Waals surface area contributed by atoms with E-state index < -0.39 is 18.5 Å². The molecule has 1 amide bonds. The van der Waals surface area contributed by atoms with Crippen LogP contribution in [0.2, 0.25) is 5.02 Å². The number of hydrogen-bond acceptors (Lipinski definition) is 4. The lowest BCUT2D eigenvalue weighted by atomic mass is 10.2. The Hall–Kier alpha value is -2.51. The zero-order valence-electron chi connectivity index (χ0n) is 13.6. The third kappa shape index (κ3) is 3.84. The maximum Gasteiger partial charge on any atom is 0.356 e. The van der Waals surface area contributed by atoms with E-state index in [2.05, 4.69) is 26.2 Å². The minimum Gasteiger partial charge on any atom is -0.495 e. The molecule has 0 aliphatic rings. The van der Waals surface area contributed by atoms with Gasteiger partial charge in [-0.3, -0.25) is 4.79 Å². The van der Waals surface area contributed by atoms with Crippen LogP contribution in [0.3, 0.4) is 0 Å². The number of halogens is 2. The van der Waals surface area contributed by atoms with Crippen molar-refractivity contribution < 1.29 is 19.1 Å². The molecule has 1 aromatic heterocycles.